The van der Waals surface area contributed by atoms with E-state index in [1.165, 1.54) is 4.42 Å². The third kappa shape index (κ3) is 1.61. The van der Waals surface area contributed by atoms with Crippen LogP contribution in [-0.2, 0) is 4.79 Å². The van der Waals surface area contributed by atoms with Crippen molar-refractivity contribution in [2.24, 2.45) is 0 Å². The molecule has 1 atom stereocenters. The van der Waals surface area contributed by atoms with Crippen molar-refractivity contribution >= 4 is 17.7 Å². The number of carboxylic acid groups (broad SMARTS) is 1. The van der Waals surface area contributed by atoms with Crippen molar-refractivity contribution in [1.82, 2.24) is 4.42 Å². The van der Waals surface area contributed by atoms with Crippen LogP contribution in [0, 0.1) is 0 Å². The minimum Gasteiger partial charge on any atom is -0.480 e. The van der Waals surface area contributed by atoms with Crippen LogP contribution < -0.4 is 0 Å². The summed E-state index contributed by atoms with van der Waals surface area (Å²) in [5.74, 6) is -0.810. The van der Waals surface area contributed by atoms with Crippen LogP contribution in [0.4, 0.5) is 0 Å². The number of rotatable bonds is 1. The van der Waals surface area contributed by atoms with E-state index in [4.69, 9.17) is 16.9 Å². The Hall–Kier alpha value is -0.280. The quantitative estimate of drug-likeness (QED) is 0.588. The molecule has 1 unspecified atom stereocenters. The first-order valence-corrected chi connectivity index (χ1v) is 3.71. The van der Waals surface area contributed by atoms with Gasteiger partial charge in [-0.05, 0) is 31.0 Å². The van der Waals surface area contributed by atoms with E-state index in [1.54, 1.807) is 0 Å². The van der Waals surface area contributed by atoms with Gasteiger partial charge in [-0.1, -0.05) is 0 Å². The largest absolute Gasteiger partial charge is 0.480 e. The lowest BCUT2D eigenvalue weighted by Crippen LogP contribution is -2.38. The smallest absolute Gasteiger partial charge is 0.322 e. The summed E-state index contributed by atoms with van der Waals surface area (Å²) in [6.07, 6.45) is 2.66. The Morgan fingerprint density at radius 1 is 1.60 bits per heavy atom. The third-order valence-corrected chi connectivity index (χ3v) is 2.13. The molecule has 58 valence electrons. The van der Waals surface area contributed by atoms with Crippen molar-refractivity contribution in [2.75, 3.05) is 6.54 Å². The van der Waals surface area contributed by atoms with Crippen LogP contribution in [0.1, 0.15) is 19.3 Å². The highest BCUT2D eigenvalue weighted by Gasteiger charge is 2.26. The average molecular weight is 164 g/mol. The lowest BCUT2D eigenvalue weighted by atomic mass is 10.1. The molecule has 0 aromatic carbocycles. The van der Waals surface area contributed by atoms with Crippen molar-refractivity contribution in [3.63, 3.8) is 0 Å². The van der Waals surface area contributed by atoms with Crippen LogP contribution in [0.3, 0.4) is 0 Å². The number of nitrogens with zero attached hydrogens (tertiary/aromatic N) is 1. The fourth-order valence-corrected chi connectivity index (χ4v) is 1.44. The molecule has 1 fully saturated rings. The Kier molecular flexibility index (Phi) is 2.51. The van der Waals surface area contributed by atoms with Crippen molar-refractivity contribution in [1.29, 1.82) is 0 Å². The number of piperidine rings is 1. The molecule has 1 heterocycles. The summed E-state index contributed by atoms with van der Waals surface area (Å²) in [7, 11) is 0. The summed E-state index contributed by atoms with van der Waals surface area (Å²) in [4.78, 5) is 10.4. The maximum absolute atomic E-state index is 10.4. The van der Waals surface area contributed by atoms with Crippen molar-refractivity contribution in [3.8, 4) is 0 Å². The lowest BCUT2D eigenvalue weighted by molar-refractivity contribution is -0.142. The first-order valence-electron chi connectivity index (χ1n) is 3.37. The zero-order chi connectivity index (χ0) is 7.56. The fraction of sp³-hybridized carbons (Fsp3) is 0.833. The summed E-state index contributed by atoms with van der Waals surface area (Å²) in [5, 5.41) is 8.58. The van der Waals surface area contributed by atoms with E-state index in [2.05, 4.69) is 0 Å². The van der Waals surface area contributed by atoms with Gasteiger partial charge < -0.3 is 5.11 Å². The monoisotopic (exact) mass is 163 g/mol. The maximum Gasteiger partial charge on any atom is 0.322 e. The van der Waals surface area contributed by atoms with Crippen molar-refractivity contribution in [3.05, 3.63) is 0 Å². The van der Waals surface area contributed by atoms with Crippen molar-refractivity contribution in [2.45, 2.75) is 25.3 Å². The first-order chi connectivity index (χ1) is 4.72. The molecule has 1 aliphatic heterocycles. The molecule has 0 bridgehead atoms. The second-order valence-electron chi connectivity index (χ2n) is 2.47. The number of halogens is 1. The van der Waals surface area contributed by atoms with Gasteiger partial charge >= 0.3 is 5.97 Å². The van der Waals surface area contributed by atoms with E-state index >= 15 is 0 Å². The molecule has 4 heteroatoms. The summed E-state index contributed by atoms with van der Waals surface area (Å²) >= 11 is 5.63. The summed E-state index contributed by atoms with van der Waals surface area (Å²) in [6.45, 7) is 0.693. The highest BCUT2D eigenvalue weighted by molar-refractivity contribution is 6.14. The first kappa shape index (κ1) is 7.82. The van der Waals surface area contributed by atoms with Crippen LogP contribution >= 0.6 is 11.8 Å². The molecule has 3 nitrogen and oxygen atoms in total. The van der Waals surface area contributed by atoms with E-state index in [-0.39, 0.29) is 0 Å². The van der Waals surface area contributed by atoms with Gasteiger partial charge in [0.2, 0.25) is 0 Å². The Labute approximate surface area is 64.7 Å². The molecular weight excluding hydrogens is 154 g/mol. The molecule has 0 aromatic rings. The van der Waals surface area contributed by atoms with Crippen LogP contribution in [0.15, 0.2) is 0 Å². The Morgan fingerprint density at radius 2 is 2.30 bits per heavy atom. The minimum absolute atomic E-state index is 0.463. The van der Waals surface area contributed by atoms with Crippen LogP contribution in [-0.4, -0.2) is 28.1 Å². The van der Waals surface area contributed by atoms with Gasteiger partial charge in [-0.25, -0.2) is 4.42 Å². The Morgan fingerprint density at radius 3 is 2.70 bits per heavy atom. The highest BCUT2D eigenvalue weighted by atomic mass is 35.5. The highest BCUT2D eigenvalue weighted by Crippen LogP contribution is 2.18. The van der Waals surface area contributed by atoms with Gasteiger partial charge in [0, 0.05) is 6.54 Å². The van der Waals surface area contributed by atoms with Gasteiger partial charge in [-0.2, -0.15) is 0 Å². The molecule has 0 aromatic heterocycles. The summed E-state index contributed by atoms with van der Waals surface area (Å²) < 4.78 is 1.38. The summed E-state index contributed by atoms with van der Waals surface area (Å²) in [5.41, 5.74) is 0. The van der Waals surface area contributed by atoms with E-state index < -0.39 is 12.0 Å². The van der Waals surface area contributed by atoms with Crippen LogP contribution in [0.25, 0.3) is 0 Å². The van der Waals surface area contributed by atoms with Gasteiger partial charge in [0.05, 0.1) is 0 Å². The van der Waals surface area contributed by atoms with Crippen LogP contribution in [0.5, 0.6) is 0 Å². The number of hydrogen-bond donors (Lipinski definition) is 1. The van der Waals surface area contributed by atoms with Gasteiger partial charge in [-0.3, -0.25) is 4.79 Å². The lowest BCUT2D eigenvalue weighted by Gasteiger charge is -2.25. The average Bonchev–Trinajstić information content (AvgIpc) is 1.88. The third-order valence-electron chi connectivity index (χ3n) is 1.72. The zero-order valence-electron chi connectivity index (χ0n) is 5.59. The van der Waals surface area contributed by atoms with Gasteiger partial charge in [0.25, 0.3) is 0 Å². The van der Waals surface area contributed by atoms with Gasteiger partial charge in [0.15, 0.2) is 0 Å². The van der Waals surface area contributed by atoms with E-state index in [9.17, 15) is 4.79 Å². The molecule has 0 aliphatic carbocycles. The number of aliphatic carboxylic acids is 1. The minimum atomic E-state index is -0.810. The molecule has 0 radical (unpaired) electrons. The molecule has 1 N–H and O–H groups in total. The SMILES string of the molecule is O=C(O)C1CCCCN1Cl. The van der Waals surface area contributed by atoms with Crippen LogP contribution in [0.2, 0.25) is 0 Å². The normalized spacial score (nSPS) is 28.3. The second-order valence-corrected chi connectivity index (χ2v) is 2.91. The number of carboxylic acids is 1. The molecule has 0 amide bonds. The molecular formula is C6H10ClNO2. The standard InChI is InChI=1S/C6H10ClNO2/c7-8-4-2-1-3-5(8)6(9)10/h5H,1-4H2,(H,9,10). The van der Waals surface area contributed by atoms with E-state index in [0.29, 0.717) is 13.0 Å². The molecule has 1 saturated heterocycles. The topological polar surface area (TPSA) is 40.5 Å². The van der Waals surface area contributed by atoms with Crippen molar-refractivity contribution < 1.29 is 9.90 Å². The summed E-state index contributed by atoms with van der Waals surface area (Å²) in [6, 6.07) is -0.463. The van der Waals surface area contributed by atoms with E-state index in [0.717, 1.165) is 12.8 Å². The predicted octanol–water partition coefficient (Wildman–Crippen LogP) is 1.08. The molecule has 10 heavy (non-hydrogen) atoms. The Balaban J connectivity index is 2.47. The van der Waals surface area contributed by atoms with Gasteiger partial charge in [0.1, 0.15) is 6.04 Å². The molecule has 1 rings (SSSR count). The Bertz CT molecular complexity index is 140. The molecule has 1 aliphatic rings. The second kappa shape index (κ2) is 3.21. The molecule has 0 spiro atoms. The zero-order valence-corrected chi connectivity index (χ0v) is 6.34. The van der Waals surface area contributed by atoms with Gasteiger partial charge in [-0.15, -0.1) is 0 Å². The predicted molar refractivity (Wildman–Crippen MR) is 37.8 cm³/mol. The fourth-order valence-electron chi connectivity index (χ4n) is 1.14. The van der Waals surface area contributed by atoms with E-state index in [1.807, 2.05) is 0 Å². The maximum atomic E-state index is 10.4. The number of hydrogen-bond acceptors (Lipinski definition) is 2. The number of carbonyl (C=O) groups is 1. The molecule has 0 saturated carbocycles.